The summed E-state index contributed by atoms with van der Waals surface area (Å²) in [4.78, 5) is 15.0. The Morgan fingerprint density at radius 3 is 2.38 bits per heavy atom. The van der Waals surface area contributed by atoms with E-state index >= 15 is 0 Å². The maximum Gasteiger partial charge on any atom is 0.244 e. The van der Waals surface area contributed by atoms with Crippen LogP contribution in [0, 0.1) is 5.92 Å². The van der Waals surface area contributed by atoms with Crippen molar-refractivity contribution in [1.29, 1.82) is 0 Å². The molecule has 1 rings (SSSR count). The van der Waals surface area contributed by atoms with Gasteiger partial charge in [-0.1, -0.05) is 53.4 Å². The van der Waals surface area contributed by atoms with Crippen LogP contribution in [0.1, 0.15) is 86.5 Å². The molecule has 1 aliphatic rings. The molecule has 1 aliphatic heterocycles. The molecule has 3 heteroatoms. The van der Waals surface area contributed by atoms with Crippen molar-refractivity contribution in [3.8, 4) is 0 Å². The second kappa shape index (κ2) is 8.17. The molecule has 0 bridgehead atoms. The van der Waals surface area contributed by atoms with Crippen LogP contribution >= 0.6 is 0 Å². The Hall–Kier alpha value is -0.570. The predicted octanol–water partition coefficient (Wildman–Crippen LogP) is 4.32. The second-order valence-corrected chi connectivity index (χ2v) is 7.39. The number of nitrogens with one attached hydrogen (secondary N) is 1. The quantitative estimate of drug-likeness (QED) is 0.643. The van der Waals surface area contributed by atoms with E-state index in [9.17, 15) is 4.79 Å². The lowest BCUT2D eigenvalue weighted by atomic mass is 9.98. The van der Waals surface area contributed by atoms with E-state index in [-0.39, 0.29) is 11.7 Å². The number of nitrogens with zero attached hydrogens (tertiary/aromatic N) is 1. The van der Waals surface area contributed by atoms with Gasteiger partial charge in [-0.25, -0.2) is 0 Å². The normalized spacial score (nSPS) is 27.7. The van der Waals surface area contributed by atoms with Gasteiger partial charge in [-0.15, -0.1) is 0 Å². The molecule has 0 aromatic carbocycles. The highest BCUT2D eigenvalue weighted by Gasteiger charge is 2.47. The van der Waals surface area contributed by atoms with Gasteiger partial charge in [-0.2, -0.15) is 0 Å². The summed E-state index contributed by atoms with van der Waals surface area (Å²) in [5.41, 5.74) is -0.364. The molecule has 0 aromatic rings. The molecule has 1 amide bonds. The van der Waals surface area contributed by atoms with Gasteiger partial charge in [0.2, 0.25) is 5.91 Å². The highest BCUT2D eigenvalue weighted by molar-refractivity contribution is 5.88. The summed E-state index contributed by atoms with van der Waals surface area (Å²) in [5, 5.41) is 3.61. The van der Waals surface area contributed by atoms with Crippen LogP contribution in [0.3, 0.4) is 0 Å². The van der Waals surface area contributed by atoms with Crippen LogP contribution in [0.25, 0.3) is 0 Å². The molecule has 0 radical (unpaired) electrons. The molecule has 3 nitrogen and oxygen atoms in total. The van der Waals surface area contributed by atoms with Crippen molar-refractivity contribution >= 4 is 5.91 Å². The Morgan fingerprint density at radius 2 is 1.86 bits per heavy atom. The van der Waals surface area contributed by atoms with E-state index in [1.54, 1.807) is 0 Å². The molecule has 21 heavy (non-hydrogen) atoms. The predicted molar refractivity (Wildman–Crippen MR) is 90.1 cm³/mol. The van der Waals surface area contributed by atoms with E-state index < -0.39 is 0 Å². The Kier molecular flexibility index (Phi) is 7.19. The number of rotatable bonds is 9. The highest BCUT2D eigenvalue weighted by Crippen LogP contribution is 2.30. The lowest BCUT2D eigenvalue weighted by Gasteiger charge is -2.31. The van der Waals surface area contributed by atoms with Crippen molar-refractivity contribution in [3.05, 3.63) is 0 Å². The molecule has 3 atom stereocenters. The maximum absolute atomic E-state index is 12.8. The molecule has 3 unspecified atom stereocenters. The zero-order valence-corrected chi connectivity index (χ0v) is 15.0. The minimum Gasteiger partial charge on any atom is -0.323 e. The third kappa shape index (κ3) is 4.70. The summed E-state index contributed by atoms with van der Waals surface area (Å²) < 4.78 is 0. The SMILES string of the molecule is CCCCCCC(C)N1C(=O)C(C)(CC)NC1CC(C)C. The van der Waals surface area contributed by atoms with Crippen molar-refractivity contribution < 1.29 is 4.79 Å². The Balaban J connectivity index is 2.71. The molecule has 124 valence electrons. The number of hydrogen-bond donors (Lipinski definition) is 1. The van der Waals surface area contributed by atoms with Crippen molar-refractivity contribution in [2.24, 2.45) is 5.92 Å². The Morgan fingerprint density at radius 1 is 1.19 bits per heavy atom. The lowest BCUT2D eigenvalue weighted by molar-refractivity contribution is -0.135. The molecule has 1 N–H and O–H groups in total. The van der Waals surface area contributed by atoms with Gasteiger partial charge in [-0.05, 0) is 39.0 Å². The first-order valence-corrected chi connectivity index (χ1v) is 8.96. The van der Waals surface area contributed by atoms with Gasteiger partial charge in [0.05, 0.1) is 11.7 Å². The fraction of sp³-hybridized carbons (Fsp3) is 0.944. The minimum absolute atomic E-state index is 0.212. The van der Waals surface area contributed by atoms with E-state index in [0.717, 1.165) is 19.3 Å². The highest BCUT2D eigenvalue weighted by atomic mass is 16.2. The summed E-state index contributed by atoms with van der Waals surface area (Å²) in [6, 6.07) is 0.346. The molecule has 1 fully saturated rings. The first-order chi connectivity index (χ1) is 9.85. The first kappa shape index (κ1) is 18.5. The molecule has 1 heterocycles. The fourth-order valence-corrected chi connectivity index (χ4v) is 3.31. The summed E-state index contributed by atoms with van der Waals surface area (Å²) in [5.74, 6) is 0.905. The monoisotopic (exact) mass is 296 g/mol. The average Bonchev–Trinajstić information content (AvgIpc) is 2.66. The molecule has 0 aromatic heterocycles. The number of carbonyl (C=O) groups is 1. The average molecular weight is 296 g/mol. The van der Waals surface area contributed by atoms with E-state index in [4.69, 9.17) is 0 Å². The number of unbranched alkanes of at least 4 members (excludes halogenated alkanes) is 3. The standard InChI is InChI=1S/C18H36N2O/c1-7-9-10-11-12-15(5)20-16(13-14(3)4)19-18(6,8-2)17(20)21/h14-16,19H,7-13H2,1-6H3. The number of carbonyl (C=O) groups excluding carboxylic acids is 1. The Labute approximate surface area is 131 Å². The molecule has 0 spiro atoms. The van der Waals surface area contributed by atoms with Gasteiger partial charge in [0, 0.05) is 6.04 Å². The van der Waals surface area contributed by atoms with Crippen LogP contribution in [0.15, 0.2) is 0 Å². The van der Waals surface area contributed by atoms with Crippen LogP contribution in [0.5, 0.6) is 0 Å². The van der Waals surface area contributed by atoms with Crippen LogP contribution in [-0.2, 0) is 4.79 Å². The number of amides is 1. The van der Waals surface area contributed by atoms with E-state index in [1.165, 1.54) is 25.7 Å². The minimum atomic E-state index is -0.364. The summed E-state index contributed by atoms with van der Waals surface area (Å²) >= 11 is 0. The lowest BCUT2D eigenvalue weighted by Crippen LogP contribution is -2.44. The molecular weight excluding hydrogens is 260 g/mol. The van der Waals surface area contributed by atoms with Crippen LogP contribution in [0.4, 0.5) is 0 Å². The van der Waals surface area contributed by atoms with Crippen molar-refractivity contribution in [3.63, 3.8) is 0 Å². The summed E-state index contributed by atoms with van der Waals surface area (Å²) in [6.07, 6.45) is 8.33. The summed E-state index contributed by atoms with van der Waals surface area (Å²) in [6.45, 7) is 13.1. The van der Waals surface area contributed by atoms with Gasteiger partial charge in [0.15, 0.2) is 0 Å². The van der Waals surface area contributed by atoms with E-state index in [1.807, 2.05) is 0 Å². The zero-order valence-electron chi connectivity index (χ0n) is 15.0. The second-order valence-electron chi connectivity index (χ2n) is 7.39. The fourth-order valence-electron chi connectivity index (χ4n) is 3.31. The zero-order chi connectivity index (χ0) is 16.0. The maximum atomic E-state index is 12.8. The van der Waals surface area contributed by atoms with Crippen LogP contribution in [0.2, 0.25) is 0 Å². The van der Waals surface area contributed by atoms with Gasteiger partial charge in [0.1, 0.15) is 0 Å². The van der Waals surface area contributed by atoms with Gasteiger partial charge in [-0.3, -0.25) is 10.1 Å². The van der Waals surface area contributed by atoms with E-state index in [0.29, 0.717) is 17.9 Å². The topological polar surface area (TPSA) is 32.3 Å². The van der Waals surface area contributed by atoms with E-state index in [2.05, 4.69) is 51.8 Å². The molecule has 1 saturated heterocycles. The van der Waals surface area contributed by atoms with Gasteiger partial charge >= 0.3 is 0 Å². The van der Waals surface area contributed by atoms with Crippen molar-refractivity contribution in [2.45, 2.75) is 104 Å². The third-order valence-electron chi connectivity index (χ3n) is 4.88. The molecular formula is C18H36N2O. The van der Waals surface area contributed by atoms with Gasteiger partial charge < -0.3 is 4.90 Å². The number of hydrogen-bond acceptors (Lipinski definition) is 2. The van der Waals surface area contributed by atoms with Crippen LogP contribution in [-0.4, -0.2) is 28.6 Å². The molecule has 0 saturated carbocycles. The van der Waals surface area contributed by atoms with Crippen molar-refractivity contribution in [1.82, 2.24) is 10.2 Å². The van der Waals surface area contributed by atoms with Gasteiger partial charge in [0.25, 0.3) is 0 Å². The largest absolute Gasteiger partial charge is 0.323 e. The smallest absolute Gasteiger partial charge is 0.244 e. The Bertz CT molecular complexity index is 329. The third-order valence-corrected chi connectivity index (χ3v) is 4.88. The van der Waals surface area contributed by atoms with Crippen molar-refractivity contribution in [2.75, 3.05) is 0 Å². The summed E-state index contributed by atoms with van der Waals surface area (Å²) in [7, 11) is 0. The van der Waals surface area contributed by atoms with Crippen LogP contribution < -0.4 is 5.32 Å². The first-order valence-electron chi connectivity index (χ1n) is 8.96. The molecule has 0 aliphatic carbocycles.